The summed E-state index contributed by atoms with van der Waals surface area (Å²) in [5.74, 6) is 1.03. The number of aromatic amines is 1. The predicted octanol–water partition coefficient (Wildman–Crippen LogP) is 1.01. The van der Waals surface area contributed by atoms with E-state index in [0.29, 0.717) is 23.4 Å². The molecule has 4 heteroatoms. The van der Waals surface area contributed by atoms with E-state index >= 15 is 0 Å². The van der Waals surface area contributed by atoms with Crippen LogP contribution in [0.4, 0.5) is 0 Å². The van der Waals surface area contributed by atoms with Crippen molar-refractivity contribution in [3.63, 3.8) is 0 Å². The van der Waals surface area contributed by atoms with Gasteiger partial charge in [-0.3, -0.25) is 5.10 Å². The van der Waals surface area contributed by atoms with Crippen LogP contribution in [-0.2, 0) is 6.42 Å². The second-order valence-corrected chi connectivity index (χ2v) is 4.02. The molecule has 2 aliphatic rings. The second kappa shape index (κ2) is 1.95. The molecule has 1 unspecified atom stereocenters. The summed E-state index contributed by atoms with van der Waals surface area (Å²) in [4.78, 5) is 10.8. The quantitative estimate of drug-likeness (QED) is 0.674. The molecule has 68 valence electrons. The number of aromatic carboxylic acids is 1. The molecule has 0 spiro atoms. The molecule has 3 atom stereocenters. The van der Waals surface area contributed by atoms with Crippen LogP contribution in [0, 0.1) is 11.8 Å². The summed E-state index contributed by atoms with van der Waals surface area (Å²) in [6, 6.07) is 0. The number of H-pyrrole nitrogens is 1. The molecule has 0 aromatic carbocycles. The van der Waals surface area contributed by atoms with E-state index in [4.69, 9.17) is 5.11 Å². The van der Waals surface area contributed by atoms with E-state index in [0.717, 1.165) is 17.7 Å². The Bertz CT molecular complexity index is 396. The summed E-state index contributed by atoms with van der Waals surface area (Å²) < 4.78 is 0. The standard InChI is InChI=1S/C9H10N2O2/c1-3-4-2-5-7(6(3)4)10-11-8(5)9(12)13/h3-4,6H,2H2,1H3,(H,10,11)(H,12,13)/t3?,4-,6+/m1/s1. The van der Waals surface area contributed by atoms with E-state index in [1.165, 1.54) is 0 Å². The number of fused-ring (bicyclic) bond motifs is 3. The maximum atomic E-state index is 10.8. The van der Waals surface area contributed by atoms with E-state index in [1.807, 2.05) is 0 Å². The number of hydrogen-bond donors (Lipinski definition) is 2. The molecule has 3 rings (SSSR count). The average molecular weight is 178 g/mol. The average Bonchev–Trinajstić information content (AvgIpc) is 2.49. The van der Waals surface area contributed by atoms with Crippen molar-refractivity contribution in [3.05, 3.63) is 17.0 Å². The number of nitrogens with zero attached hydrogens (tertiary/aromatic N) is 1. The molecule has 2 aliphatic carbocycles. The lowest BCUT2D eigenvalue weighted by molar-refractivity contribution is 0.0689. The fourth-order valence-corrected chi connectivity index (χ4v) is 2.58. The predicted molar refractivity (Wildman–Crippen MR) is 44.6 cm³/mol. The number of hydrogen-bond acceptors (Lipinski definition) is 2. The Morgan fingerprint density at radius 2 is 2.46 bits per heavy atom. The first-order chi connectivity index (χ1) is 6.20. The zero-order chi connectivity index (χ0) is 9.16. The molecule has 13 heavy (non-hydrogen) atoms. The van der Waals surface area contributed by atoms with Crippen molar-refractivity contribution in [1.29, 1.82) is 0 Å². The van der Waals surface area contributed by atoms with Crippen LogP contribution < -0.4 is 0 Å². The number of carbonyl (C=O) groups is 1. The zero-order valence-electron chi connectivity index (χ0n) is 7.24. The van der Waals surface area contributed by atoms with Gasteiger partial charge in [0.1, 0.15) is 5.69 Å². The van der Waals surface area contributed by atoms with Gasteiger partial charge in [-0.25, -0.2) is 4.79 Å². The summed E-state index contributed by atoms with van der Waals surface area (Å²) >= 11 is 0. The molecule has 1 aromatic heterocycles. The Morgan fingerprint density at radius 3 is 3.15 bits per heavy atom. The van der Waals surface area contributed by atoms with Crippen LogP contribution in [-0.4, -0.2) is 21.3 Å². The highest BCUT2D eigenvalue weighted by Gasteiger charge is 2.55. The maximum absolute atomic E-state index is 10.8. The SMILES string of the molecule is CC1[C@H]2Cc3c(n[nH]c3C(=O)O)[C@@H]12. The van der Waals surface area contributed by atoms with Gasteiger partial charge >= 0.3 is 5.97 Å². The third kappa shape index (κ3) is 0.709. The normalized spacial score (nSPS) is 34.1. The summed E-state index contributed by atoms with van der Waals surface area (Å²) in [7, 11) is 0. The highest BCUT2D eigenvalue weighted by molar-refractivity contribution is 5.87. The minimum absolute atomic E-state index is 0.300. The van der Waals surface area contributed by atoms with Gasteiger partial charge in [0, 0.05) is 11.5 Å². The van der Waals surface area contributed by atoms with Crippen molar-refractivity contribution in [3.8, 4) is 0 Å². The molecule has 2 N–H and O–H groups in total. The van der Waals surface area contributed by atoms with Gasteiger partial charge < -0.3 is 5.11 Å². The molecule has 0 radical (unpaired) electrons. The molecule has 0 aliphatic heterocycles. The highest BCUT2D eigenvalue weighted by atomic mass is 16.4. The summed E-state index contributed by atoms with van der Waals surface area (Å²) in [6.07, 6.45) is 0.902. The Balaban J connectivity index is 2.08. The summed E-state index contributed by atoms with van der Waals surface area (Å²) in [6.45, 7) is 2.20. The van der Waals surface area contributed by atoms with Crippen molar-refractivity contribution in [2.75, 3.05) is 0 Å². The van der Waals surface area contributed by atoms with Crippen molar-refractivity contribution in [2.24, 2.45) is 11.8 Å². The van der Waals surface area contributed by atoms with E-state index in [-0.39, 0.29) is 0 Å². The molecule has 1 heterocycles. The summed E-state index contributed by atoms with van der Waals surface area (Å²) in [5.41, 5.74) is 2.25. The van der Waals surface area contributed by atoms with Crippen LogP contribution in [0.25, 0.3) is 0 Å². The largest absolute Gasteiger partial charge is 0.477 e. The number of aromatic nitrogens is 2. The van der Waals surface area contributed by atoms with Gasteiger partial charge in [0.2, 0.25) is 0 Å². The monoisotopic (exact) mass is 178 g/mol. The Morgan fingerprint density at radius 1 is 1.69 bits per heavy atom. The zero-order valence-corrected chi connectivity index (χ0v) is 7.24. The van der Waals surface area contributed by atoms with Crippen LogP contribution >= 0.6 is 0 Å². The third-order valence-electron chi connectivity index (χ3n) is 3.43. The fraction of sp³-hybridized carbons (Fsp3) is 0.556. The van der Waals surface area contributed by atoms with Gasteiger partial charge in [0.25, 0.3) is 0 Å². The minimum atomic E-state index is -0.886. The van der Waals surface area contributed by atoms with Gasteiger partial charge in [-0.05, 0) is 18.3 Å². The van der Waals surface area contributed by atoms with Crippen LogP contribution in [0.15, 0.2) is 0 Å². The van der Waals surface area contributed by atoms with E-state index < -0.39 is 5.97 Å². The summed E-state index contributed by atoms with van der Waals surface area (Å²) in [5, 5.41) is 15.5. The fourth-order valence-electron chi connectivity index (χ4n) is 2.58. The van der Waals surface area contributed by atoms with E-state index in [1.54, 1.807) is 0 Å². The Hall–Kier alpha value is -1.32. The topological polar surface area (TPSA) is 66.0 Å². The molecule has 0 saturated heterocycles. The second-order valence-electron chi connectivity index (χ2n) is 4.02. The van der Waals surface area contributed by atoms with Crippen LogP contribution in [0.3, 0.4) is 0 Å². The van der Waals surface area contributed by atoms with Gasteiger partial charge in [-0.15, -0.1) is 0 Å². The van der Waals surface area contributed by atoms with Gasteiger partial charge in [0.05, 0.1) is 5.69 Å². The molecule has 4 nitrogen and oxygen atoms in total. The van der Waals surface area contributed by atoms with Crippen molar-refractivity contribution in [1.82, 2.24) is 10.2 Å². The maximum Gasteiger partial charge on any atom is 0.354 e. The molecular formula is C9H10N2O2. The molecule has 1 aromatic rings. The molecule has 0 amide bonds. The van der Waals surface area contributed by atoms with E-state index in [2.05, 4.69) is 17.1 Å². The molecule has 1 fully saturated rings. The minimum Gasteiger partial charge on any atom is -0.477 e. The number of carboxylic acids is 1. The van der Waals surface area contributed by atoms with Crippen LogP contribution in [0.1, 0.15) is 34.6 Å². The number of nitrogens with one attached hydrogen (secondary N) is 1. The Kier molecular flexibility index (Phi) is 1.07. The molecule has 0 bridgehead atoms. The highest BCUT2D eigenvalue weighted by Crippen LogP contribution is 2.60. The first kappa shape index (κ1) is 7.12. The lowest BCUT2D eigenvalue weighted by Gasteiger charge is -1.96. The van der Waals surface area contributed by atoms with Crippen molar-refractivity contribution < 1.29 is 9.90 Å². The number of carboxylic acid groups (broad SMARTS) is 1. The number of rotatable bonds is 1. The first-order valence-electron chi connectivity index (χ1n) is 4.50. The van der Waals surface area contributed by atoms with Crippen LogP contribution in [0.5, 0.6) is 0 Å². The van der Waals surface area contributed by atoms with Gasteiger partial charge in [-0.1, -0.05) is 6.92 Å². The van der Waals surface area contributed by atoms with Crippen molar-refractivity contribution >= 4 is 5.97 Å². The first-order valence-corrected chi connectivity index (χ1v) is 4.50. The lowest BCUT2D eigenvalue weighted by Crippen LogP contribution is -2.02. The van der Waals surface area contributed by atoms with Crippen molar-refractivity contribution in [2.45, 2.75) is 19.3 Å². The van der Waals surface area contributed by atoms with Gasteiger partial charge in [0.15, 0.2) is 0 Å². The van der Waals surface area contributed by atoms with Crippen LogP contribution in [0.2, 0.25) is 0 Å². The van der Waals surface area contributed by atoms with E-state index in [9.17, 15) is 4.79 Å². The lowest BCUT2D eigenvalue weighted by atomic mass is 10.1. The molecular weight excluding hydrogens is 168 g/mol. The van der Waals surface area contributed by atoms with Gasteiger partial charge in [-0.2, -0.15) is 5.10 Å². The smallest absolute Gasteiger partial charge is 0.354 e. The third-order valence-corrected chi connectivity index (χ3v) is 3.43. The molecule has 1 saturated carbocycles. The Labute approximate surface area is 75.0 Å².